The van der Waals surface area contributed by atoms with E-state index in [2.05, 4.69) is 23.9 Å². The Morgan fingerprint density at radius 1 is 1.22 bits per heavy atom. The van der Waals surface area contributed by atoms with Crippen LogP contribution in [0.5, 0.6) is 5.75 Å². The molecule has 0 heterocycles. The van der Waals surface area contributed by atoms with Crippen LogP contribution in [0.1, 0.15) is 26.7 Å². The van der Waals surface area contributed by atoms with Crippen molar-refractivity contribution in [1.82, 2.24) is 0 Å². The van der Waals surface area contributed by atoms with Gasteiger partial charge in [0.1, 0.15) is 5.75 Å². The van der Waals surface area contributed by atoms with E-state index in [0.29, 0.717) is 17.6 Å². The molecule has 1 aromatic rings. The Balaban J connectivity index is 1.94. The minimum Gasteiger partial charge on any atom is -0.433 e. The SMILES string of the molecule is CC(C)C1CC(Nc2ccccc2OC(F)F)C1. The van der Waals surface area contributed by atoms with Crippen LogP contribution in [0, 0.1) is 11.8 Å². The number of para-hydroxylation sites is 2. The van der Waals surface area contributed by atoms with Crippen molar-refractivity contribution in [1.29, 1.82) is 0 Å². The lowest BCUT2D eigenvalue weighted by atomic mass is 9.73. The summed E-state index contributed by atoms with van der Waals surface area (Å²) < 4.78 is 29.0. The molecule has 1 aliphatic rings. The summed E-state index contributed by atoms with van der Waals surface area (Å²) in [4.78, 5) is 0. The van der Waals surface area contributed by atoms with Gasteiger partial charge in [-0.05, 0) is 36.8 Å². The first kappa shape index (κ1) is 13.1. The van der Waals surface area contributed by atoms with Crippen LogP contribution in [-0.2, 0) is 0 Å². The Kier molecular flexibility index (Phi) is 4.04. The zero-order chi connectivity index (χ0) is 13.1. The summed E-state index contributed by atoms with van der Waals surface area (Å²) in [6.07, 6.45) is 2.20. The van der Waals surface area contributed by atoms with Gasteiger partial charge in [0.2, 0.25) is 0 Å². The summed E-state index contributed by atoms with van der Waals surface area (Å²) in [6, 6.07) is 7.23. The first-order valence-corrected chi connectivity index (χ1v) is 6.36. The van der Waals surface area contributed by atoms with Crippen molar-refractivity contribution in [2.75, 3.05) is 5.32 Å². The molecule has 0 atom stereocenters. The molecule has 1 aromatic carbocycles. The van der Waals surface area contributed by atoms with Crippen LogP contribution >= 0.6 is 0 Å². The number of alkyl halides is 2. The largest absolute Gasteiger partial charge is 0.433 e. The Morgan fingerprint density at radius 3 is 2.50 bits per heavy atom. The maximum atomic E-state index is 12.3. The van der Waals surface area contributed by atoms with E-state index in [1.165, 1.54) is 0 Å². The van der Waals surface area contributed by atoms with Crippen molar-refractivity contribution in [3.05, 3.63) is 24.3 Å². The van der Waals surface area contributed by atoms with E-state index in [-0.39, 0.29) is 5.75 Å². The standard InChI is InChI=1S/C14H19F2NO/c1-9(2)10-7-11(8-10)17-12-5-3-4-6-13(12)18-14(15)16/h3-6,9-11,14,17H,7-8H2,1-2H3. The van der Waals surface area contributed by atoms with Crippen LogP contribution in [0.3, 0.4) is 0 Å². The second kappa shape index (κ2) is 5.55. The molecule has 0 bridgehead atoms. The van der Waals surface area contributed by atoms with Gasteiger partial charge in [-0.3, -0.25) is 0 Å². The molecule has 0 aromatic heterocycles. The third-order valence-corrected chi connectivity index (χ3v) is 3.58. The molecule has 1 saturated carbocycles. The molecule has 1 fully saturated rings. The predicted molar refractivity (Wildman–Crippen MR) is 68.0 cm³/mol. The Hall–Kier alpha value is -1.32. The molecular formula is C14H19F2NO. The first-order chi connectivity index (χ1) is 8.56. The Morgan fingerprint density at radius 2 is 1.89 bits per heavy atom. The second-order valence-corrected chi connectivity index (χ2v) is 5.19. The van der Waals surface area contributed by atoms with Crippen LogP contribution in [0.15, 0.2) is 24.3 Å². The molecule has 2 nitrogen and oxygen atoms in total. The Bertz CT molecular complexity index is 389. The molecule has 18 heavy (non-hydrogen) atoms. The minimum atomic E-state index is -2.78. The van der Waals surface area contributed by atoms with Gasteiger partial charge in [-0.15, -0.1) is 0 Å². The molecule has 4 heteroatoms. The highest BCUT2D eigenvalue weighted by Gasteiger charge is 2.31. The fourth-order valence-electron chi connectivity index (χ4n) is 2.33. The van der Waals surface area contributed by atoms with Crippen LogP contribution in [0.4, 0.5) is 14.5 Å². The van der Waals surface area contributed by atoms with Gasteiger partial charge in [-0.2, -0.15) is 8.78 Å². The molecule has 0 radical (unpaired) electrons. The summed E-state index contributed by atoms with van der Waals surface area (Å²) >= 11 is 0. The highest BCUT2D eigenvalue weighted by molar-refractivity contribution is 5.57. The molecule has 0 spiro atoms. The number of halogens is 2. The van der Waals surface area contributed by atoms with Gasteiger partial charge >= 0.3 is 6.61 Å². The van der Waals surface area contributed by atoms with Crippen molar-refractivity contribution in [3.63, 3.8) is 0 Å². The smallest absolute Gasteiger partial charge is 0.387 e. The first-order valence-electron chi connectivity index (χ1n) is 6.36. The molecule has 0 aliphatic heterocycles. The van der Waals surface area contributed by atoms with Gasteiger partial charge < -0.3 is 10.1 Å². The van der Waals surface area contributed by atoms with Crippen LogP contribution < -0.4 is 10.1 Å². The van der Waals surface area contributed by atoms with Crippen LogP contribution in [0.25, 0.3) is 0 Å². The van der Waals surface area contributed by atoms with E-state index in [1.807, 2.05) is 6.07 Å². The van der Waals surface area contributed by atoms with Crippen LogP contribution in [-0.4, -0.2) is 12.7 Å². The molecule has 100 valence electrons. The maximum Gasteiger partial charge on any atom is 0.387 e. The minimum absolute atomic E-state index is 0.223. The van der Waals surface area contributed by atoms with Crippen molar-refractivity contribution in [2.45, 2.75) is 39.3 Å². The second-order valence-electron chi connectivity index (χ2n) is 5.19. The molecule has 0 saturated heterocycles. The summed E-state index contributed by atoms with van der Waals surface area (Å²) in [5.41, 5.74) is 0.657. The third-order valence-electron chi connectivity index (χ3n) is 3.58. The predicted octanol–water partition coefficient (Wildman–Crippen LogP) is 4.13. The molecular weight excluding hydrogens is 236 g/mol. The number of hydrogen-bond acceptors (Lipinski definition) is 2. The number of hydrogen-bond donors (Lipinski definition) is 1. The normalized spacial score (nSPS) is 23.0. The maximum absolute atomic E-state index is 12.3. The zero-order valence-corrected chi connectivity index (χ0v) is 10.7. The average Bonchev–Trinajstić information content (AvgIpc) is 2.23. The lowest BCUT2D eigenvalue weighted by molar-refractivity contribution is -0.0494. The molecule has 0 unspecified atom stereocenters. The monoisotopic (exact) mass is 255 g/mol. The van der Waals surface area contributed by atoms with Gasteiger partial charge in [0.15, 0.2) is 0 Å². The van der Waals surface area contributed by atoms with Crippen molar-refractivity contribution >= 4 is 5.69 Å². The van der Waals surface area contributed by atoms with Gasteiger partial charge in [-0.1, -0.05) is 26.0 Å². The summed E-state index contributed by atoms with van der Waals surface area (Å²) in [5, 5.41) is 3.28. The lowest BCUT2D eigenvalue weighted by Crippen LogP contribution is -2.38. The molecule has 1 N–H and O–H groups in total. The van der Waals surface area contributed by atoms with E-state index in [9.17, 15) is 8.78 Å². The fraction of sp³-hybridized carbons (Fsp3) is 0.571. The van der Waals surface area contributed by atoms with Crippen molar-refractivity contribution in [3.8, 4) is 5.75 Å². The van der Waals surface area contributed by atoms with E-state index >= 15 is 0 Å². The number of ether oxygens (including phenoxy) is 1. The van der Waals surface area contributed by atoms with Gasteiger partial charge in [0, 0.05) is 6.04 Å². The van der Waals surface area contributed by atoms with E-state index in [4.69, 9.17) is 0 Å². The van der Waals surface area contributed by atoms with Crippen molar-refractivity contribution < 1.29 is 13.5 Å². The Labute approximate surface area is 106 Å². The topological polar surface area (TPSA) is 21.3 Å². The van der Waals surface area contributed by atoms with Gasteiger partial charge in [-0.25, -0.2) is 0 Å². The van der Waals surface area contributed by atoms with E-state index in [0.717, 1.165) is 18.8 Å². The van der Waals surface area contributed by atoms with Crippen LogP contribution in [0.2, 0.25) is 0 Å². The zero-order valence-electron chi connectivity index (χ0n) is 10.7. The number of nitrogens with one attached hydrogen (secondary N) is 1. The van der Waals surface area contributed by atoms with Gasteiger partial charge in [0.25, 0.3) is 0 Å². The highest BCUT2D eigenvalue weighted by atomic mass is 19.3. The highest BCUT2D eigenvalue weighted by Crippen LogP contribution is 2.37. The van der Waals surface area contributed by atoms with Crippen molar-refractivity contribution in [2.24, 2.45) is 11.8 Å². The average molecular weight is 255 g/mol. The third kappa shape index (κ3) is 3.12. The van der Waals surface area contributed by atoms with E-state index in [1.54, 1.807) is 18.2 Å². The summed E-state index contributed by atoms with van der Waals surface area (Å²) in [7, 11) is 0. The number of anilines is 1. The molecule has 0 amide bonds. The number of benzene rings is 1. The molecule has 2 rings (SSSR count). The number of rotatable bonds is 5. The van der Waals surface area contributed by atoms with E-state index < -0.39 is 6.61 Å². The lowest BCUT2D eigenvalue weighted by Gasteiger charge is -2.39. The quantitative estimate of drug-likeness (QED) is 0.854. The summed E-state index contributed by atoms with van der Waals surface area (Å²) in [5.74, 6) is 1.65. The van der Waals surface area contributed by atoms with Gasteiger partial charge in [0.05, 0.1) is 5.69 Å². The molecule has 1 aliphatic carbocycles. The summed E-state index contributed by atoms with van der Waals surface area (Å²) in [6.45, 7) is 1.65. The fourth-order valence-corrected chi connectivity index (χ4v) is 2.33.